The van der Waals surface area contributed by atoms with Crippen molar-refractivity contribution in [2.45, 2.75) is 30.2 Å². The van der Waals surface area contributed by atoms with E-state index >= 15 is 0 Å². The van der Waals surface area contributed by atoms with Crippen LogP contribution in [0.2, 0.25) is 5.02 Å². The standard InChI is InChI=1S/C24H21ClN2OS3/c25-19-9-1-2-10-20(19)31-15-22(28)27-24(21-11-5-13-30-21)18-8-3-6-16(23(18)26-27)14-17-7-4-12-29-17/h1-2,4-5,7,9-14,18,24H,3,6,8,15H2. The van der Waals surface area contributed by atoms with Crippen molar-refractivity contribution >= 4 is 63.7 Å². The van der Waals surface area contributed by atoms with E-state index in [-0.39, 0.29) is 17.9 Å². The highest BCUT2D eigenvalue weighted by Crippen LogP contribution is 2.46. The molecular formula is C24H21ClN2OS3. The van der Waals surface area contributed by atoms with E-state index in [0.29, 0.717) is 10.8 Å². The minimum Gasteiger partial charge on any atom is -0.272 e. The summed E-state index contributed by atoms with van der Waals surface area (Å²) >= 11 is 11.2. The highest BCUT2D eigenvalue weighted by atomic mass is 35.5. The lowest BCUT2D eigenvalue weighted by molar-refractivity contribution is -0.130. The Labute approximate surface area is 199 Å². The van der Waals surface area contributed by atoms with Crippen LogP contribution >= 0.6 is 46.0 Å². The van der Waals surface area contributed by atoms with Crippen molar-refractivity contribution in [3.63, 3.8) is 0 Å². The van der Waals surface area contributed by atoms with Crippen LogP contribution < -0.4 is 0 Å². The molecule has 3 heterocycles. The molecule has 2 aromatic heterocycles. The van der Waals surface area contributed by atoms with Gasteiger partial charge in [0.15, 0.2) is 0 Å². The predicted molar refractivity (Wildman–Crippen MR) is 133 cm³/mol. The Morgan fingerprint density at radius 1 is 1.16 bits per heavy atom. The Morgan fingerprint density at radius 2 is 2.00 bits per heavy atom. The Kier molecular flexibility index (Phi) is 6.32. The molecule has 0 spiro atoms. The molecule has 0 bridgehead atoms. The van der Waals surface area contributed by atoms with Crippen LogP contribution in [0.3, 0.4) is 0 Å². The number of hydrogen-bond acceptors (Lipinski definition) is 5. The van der Waals surface area contributed by atoms with Crippen LogP contribution in [0.1, 0.15) is 35.1 Å². The number of carbonyl (C=O) groups excluding carboxylic acids is 1. The average Bonchev–Trinajstić information content (AvgIpc) is 3.53. The number of fused-ring (bicyclic) bond motifs is 1. The molecule has 31 heavy (non-hydrogen) atoms. The van der Waals surface area contributed by atoms with Crippen molar-refractivity contribution in [2.75, 3.05) is 5.75 Å². The molecule has 158 valence electrons. The molecule has 2 unspecified atom stereocenters. The Bertz CT molecular complexity index is 1120. The maximum absolute atomic E-state index is 13.3. The molecule has 1 aliphatic carbocycles. The van der Waals surface area contributed by atoms with Gasteiger partial charge in [-0.25, -0.2) is 5.01 Å². The third-order valence-corrected chi connectivity index (χ3v) is 8.90. The second-order valence-corrected chi connectivity index (χ2v) is 11.0. The summed E-state index contributed by atoms with van der Waals surface area (Å²) in [6.07, 6.45) is 5.46. The zero-order chi connectivity index (χ0) is 21.2. The first kappa shape index (κ1) is 21.0. The van der Waals surface area contributed by atoms with Crippen LogP contribution in [0.4, 0.5) is 0 Å². The Morgan fingerprint density at radius 3 is 2.77 bits per heavy atom. The number of benzene rings is 1. The highest BCUT2D eigenvalue weighted by Gasteiger charge is 2.44. The molecule has 1 aromatic carbocycles. The SMILES string of the molecule is O=C(CSc1ccccc1Cl)N1N=C2C(=Cc3cccs3)CCCC2C1c1cccs1. The van der Waals surface area contributed by atoms with E-state index in [1.165, 1.54) is 27.1 Å². The smallest absolute Gasteiger partial charge is 0.253 e. The Hall–Kier alpha value is -1.86. The highest BCUT2D eigenvalue weighted by molar-refractivity contribution is 8.00. The molecule has 2 aliphatic rings. The van der Waals surface area contributed by atoms with Gasteiger partial charge in [-0.2, -0.15) is 5.10 Å². The number of thioether (sulfide) groups is 1. The summed E-state index contributed by atoms with van der Waals surface area (Å²) in [5.41, 5.74) is 2.36. The zero-order valence-corrected chi connectivity index (χ0v) is 19.9. The lowest BCUT2D eigenvalue weighted by Gasteiger charge is -2.28. The average molecular weight is 485 g/mol. The molecule has 1 aliphatic heterocycles. The maximum atomic E-state index is 13.3. The topological polar surface area (TPSA) is 32.7 Å². The summed E-state index contributed by atoms with van der Waals surface area (Å²) in [6, 6.07) is 16.0. The molecule has 3 nitrogen and oxygen atoms in total. The van der Waals surface area contributed by atoms with E-state index in [2.05, 4.69) is 41.1 Å². The summed E-state index contributed by atoms with van der Waals surface area (Å²) in [4.78, 5) is 16.7. The van der Waals surface area contributed by atoms with Gasteiger partial charge in [0, 0.05) is 20.6 Å². The van der Waals surface area contributed by atoms with Gasteiger partial charge in [-0.05, 0) is 65.9 Å². The molecule has 3 aromatic rings. The van der Waals surface area contributed by atoms with Crippen molar-refractivity contribution < 1.29 is 4.79 Å². The van der Waals surface area contributed by atoms with Crippen molar-refractivity contribution in [3.8, 4) is 0 Å². The summed E-state index contributed by atoms with van der Waals surface area (Å²) in [7, 11) is 0. The molecule has 0 saturated heterocycles. The van der Waals surface area contributed by atoms with E-state index in [0.717, 1.165) is 29.9 Å². The monoisotopic (exact) mass is 484 g/mol. The quantitative estimate of drug-likeness (QED) is 0.354. The lowest BCUT2D eigenvalue weighted by atomic mass is 9.79. The van der Waals surface area contributed by atoms with Crippen molar-refractivity contribution in [1.82, 2.24) is 5.01 Å². The number of halogens is 1. The van der Waals surface area contributed by atoms with E-state index in [1.807, 2.05) is 24.3 Å². The molecule has 2 atom stereocenters. The fourth-order valence-corrected chi connectivity index (χ4v) is 6.91. The Balaban J connectivity index is 1.44. The van der Waals surface area contributed by atoms with Gasteiger partial charge in [-0.3, -0.25) is 4.79 Å². The minimum absolute atomic E-state index is 0.0126. The number of amides is 1. The number of carbonyl (C=O) groups is 1. The fourth-order valence-electron chi connectivity index (χ4n) is 4.26. The number of thiophene rings is 2. The molecule has 1 fully saturated rings. The second-order valence-electron chi connectivity index (χ2n) is 7.59. The van der Waals surface area contributed by atoms with Gasteiger partial charge in [0.2, 0.25) is 0 Å². The van der Waals surface area contributed by atoms with E-state index in [1.54, 1.807) is 27.7 Å². The van der Waals surface area contributed by atoms with E-state index in [4.69, 9.17) is 16.7 Å². The number of hydrazone groups is 1. The van der Waals surface area contributed by atoms with Crippen molar-refractivity contribution in [1.29, 1.82) is 0 Å². The van der Waals surface area contributed by atoms with Crippen LogP contribution in [0.15, 0.2) is 74.9 Å². The van der Waals surface area contributed by atoms with Gasteiger partial charge in [0.1, 0.15) is 0 Å². The molecule has 0 N–H and O–H groups in total. The molecule has 0 radical (unpaired) electrons. The minimum atomic E-state index is -0.0126. The van der Waals surface area contributed by atoms with Gasteiger partial charge in [0.05, 0.1) is 22.5 Å². The number of nitrogens with zero attached hydrogens (tertiary/aromatic N) is 2. The number of rotatable bonds is 5. The van der Waals surface area contributed by atoms with E-state index in [9.17, 15) is 4.79 Å². The number of hydrogen-bond donors (Lipinski definition) is 0. The third-order valence-electron chi connectivity index (χ3n) is 5.64. The summed E-state index contributed by atoms with van der Waals surface area (Å²) in [5.74, 6) is 0.604. The largest absolute Gasteiger partial charge is 0.272 e. The fraction of sp³-hybridized carbons (Fsp3) is 0.250. The molecule has 5 rings (SSSR count). The van der Waals surface area contributed by atoms with Crippen LogP contribution in [0, 0.1) is 5.92 Å². The molecular weight excluding hydrogens is 464 g/mol. The molecule has 1 saturated carbocycles. The van der Waals surface area contributed by atoms with Gasteiger partial charge < -0.3 is 0 Å². The van der Waals surface area contributed by atoms with E-state index < -0.39 is 0 Å². The second kappa shape index (κ2) is 9.33. The summed E-state index contributed by atoms with van der Waals surface area (Å²) in [6.45, 7) is 0. The van der Waals surface area contributed by atoms with Crippen molar-refractivity contribution in [2.24, 2.45) is 11.0 Å². The summed E-state index contributed by atoms with van der Waals surface area (Å²) in [5, 5.41) is 11.6. The first-order valence-corrected chi connectivity index (χ1v) is 13.4. The normalized spacial score (nSPS) is 21.9. The van der Waals surface area contributed by atoms with Crippen LogP contribution in [0.5, 0.6) is 0 Å². The van der Waals surface area contributed by atoms with Gasteiger partial charge in [-0.1, -0.05) is 35.9 Å². The predicted octanol–water partition coefficient (Wildman–Crippen LogP) is 7.38. The third kappa shape index (κ3) is 4.40. The van der Waals surface area contributed by atoms with Gasteiger partial charge >= 0.3 is 0 Å². The zero-order valence-electron chi connectivity index (χ0n) is 16.7. The van der Waals surface area contributed by atoms with Gasteiger partial charge in [0.25, 0.3) is 5.91 Å². The van der Waals surface area contributed by atoms with Crippen LogP contribution in [-0.4, -0.2) is 22.4 Å². The lowest BCUT2D eigenvalue weighted by Crippen LogP contribution is -2.32. The molecule has 1 amide bonds. The summed E-state index contributed by atoms with van der Waals surface area (Å²) < 4.78 is 0. The number of allylic oxidation sites excluding steroid dienone is 1. The first-order chi connectivity index (χ1) is 15.2. The van der Waals surface area contributed by atoms with Crippen LogP contribution in [0.25, 0.3) is 6.08 Å². The first-order valence-electron chi connectivity index (χ1n) is 10.3. The molecule has 7 heteroatoms. The maximum Gasteiger partial charge on any atom is 0.253 e. The van der Waals surface area contributed by atoms with Gasteiger partial charge in [-0.15, -0.1) is 34.4 Å². The van der Waals surface area contributed by atoms with Crippen LogP contribution in [-0.2, 0) is 4.79 Å². The van der Waals surface area contributed by atoms with Crippen molar-refractivity contribution in [3.05, 3.63) is 79.6 Å².